The number of nitrogens with one attached hydrogen (secondary N) is 2. The number of nitrogens with zero attached hydrogens (tertiary/aromatic N) is 2. The highest BCUT2D eigenvalue weighted by Crippen LogP contribution is 2.21. The Morgan fingerprint density at radius 3 is 2.88 bits per heavy atom. The second kappa shape index (κ2) is 3.75. The molecule has 0 bridgehead atoms. The van der Waals surface area contributed by atoms with Gasteiger partial charge in [0.1, 0.15) is 0 Å². The quantitative estimate of drug-likeness (QED) is 0.741. The molecule has 84 valence electrons. The molecular formula is C11H14N4O. The van der Waals surface area contributed by atoms with Gasteiger partial charge in [-0.1, -0.05) is 6.07 Å². The highest BCUT2D eigenvalue weighted by Gasteiger charge is 2.37. The number of pyridine rings is 1. The van der Waals surface area contributed by atoms with Crippen LogP contribution >= 0.6 is 0 Å². The summed E-state index contributed by atoms with van der Waals surface area (Å²) in [6, 6.07) is 6.20. The number of carbonyl (C=O) groups excluding carboxylic acids is 1. The van der Waals surface area contributed by atoms with Gasteiger partial charge in [0, 0.05) is 25.8 Å². The molecule has 2 aliphatic rings. The maximum atomic E-state index is 11.8. The third kappa shape index (κ3) is 1.53. The van der Waals surface area contributed by atoms with Crippen molar-refractivity contribution in [2.24, 2.45) is 0 Å². The van der Waals surface area contributed by atoms with Gasteiger partial charge in [-0.3, -0.25) is 4.98 Å². The predicted molar refractivity (Wildman–Crippen MR) is 58.9 cm³/mol. The largest absolute Gasteiger partial charge is 0.328 e. The number of rotatable bonds is 2. The highest BCUT2D eigenvalue weighted by molar-refractivity contribution is 5.77. The van der Waals surface area contributed by atoms with Crippen LogP contribution in [0.2, 0.25) is 0 Å². The van der Waals surface area contributed by atoms with Gasteiger partial charge in [-0.05, 0) is 12.1 Å². The zero-order valence-corrected chi connectivity index (χ0v) is 8.89. The molecule has 1 aromatic rings. The van der Waals surface area contributed by atoms with Gasteiger partial charge in [0.2, 0.25) is 0 Å². The van der Waals surface area contributed by atoms with Gasteiger partial charge < -0.3 is 15.5 Å². The Hall–Kier alpha value is -1.62. The molecular weight excluding hydrogens is 204 g/mol. The third-order valence-corrected chi connectivity index (χ3v) is 3.18. The van der Waals surface area contributed by atoms with Gasteiger partial charge in [0.25, 0.3) is 0 Å². The summed E-state index contributed by atoms with van der Waals surface area (Å²) in [7, 11) is 0. The first-order valence-corrected chi connectivity index (χ1v) is 5.53. The van der Waals surface area contributed by atoms with Crippen molar-refractivity contribution >= 4 is 6.03 Å². The van der Waals surface area contributed by atoms with Crippen molar-refractivity contribution in [1.29, 1.82) is 0 Å². The number of hydrogen-bond acceptors (Lipinski definition) is 3. The van der Waals surface area contributed by atoms with E-state index in [1.165, 1.54) is 0 Å². The number of urea groups is 1. The summed E-state index contributed by atoms with van der Waals surface area (Å²) in [6.45, 7) is 2.53. The van der Waals surface area contributed by atoms with E-state index in [4.69, 9.17) is 0 Å². The Balaban J connectivity index is 1.74. The van der Waals surface area contributed by atoms with E-state index < -0.39 is 0 Å². The molecule has 1 unspecified atom stereocenters. The second-order valence-corrected chi connectivity index (χ2v) is 4.22. The van der Waals surface area contributed by atoms with Crippen molar-refractivity contribution in [3.8, 4) is 0 Å². The fourth-order valence-electron chi connectivity index (χ4n) is 2.12. The minimum Gasteiger partial charge on any atom is -0.328 e. The Labute approximate surface area is 93.9 Å². The van der Waals surface area contributed by atoms with Crippen LogP contribution in [0.4, 0.5) is 4.79 Å². The zero-order chi connectivity index (χ0) is 11.0. The first kappa shape index (κ1) is 9.59. The summed E-state index contributed by atoms with van der Waals surface area (Å²) in [6.07, 6.45) is 1.76. The molecule has 1 aromatic heterocycles. The van der Waals surface area contributed by atoms with Crippen molar-refractivity contribution < 1.29 is 4.79 Å². The number of aromatic nitrogens is 1. The SMILES string of the molecule is O=C1NC(c2ccccn2)CN1C1CNC1. The standard InChI is InChI=1S/C11H14N4O/c16-11-14-10(9-3-1-2-4-13-9)7-15(11)8-5-12-6-8/h1-4,8,10,12H,5-7H2,(H,14,16). The van der Waals surface area contributed by atoms with E-state index in [9.17, 15) is 4.79 Å². The Bertz CT molecular complexity index is 390. The average Bonchev–Trinajstić information content (AvgIpc) is 2.60. The van der Waals surface area contributed by atoms with Gasteiger partial charge in [-0.15, -0.1) is 0 Å². The molecule has 0 spiro atoms. The van der Waals surface area contributed by atoms with Crippen LogP contribution in [-0.4, -0.2) is 41.6 Å². The van der Waals surface area contributed by atoms with E-state index >= 15 is 0 Å². The molecule has 2 aliphatic heterocycles. The van der Waals surface area contributed by atoms with Crippen molar-refractivity contribution in [1.82, 2.24) is 20.5 Å². The molecule has 3 heterocycles. The van der Waals surface area contributed by atoms with Crippen molar-refractivity contribution in [2.45, 2.75) is 12.1 Å². The van der Waals surface area contributed by atoms with E-state index in [1.54, 1.807) is 6.20 Å². The molecule has 3 rings (SSSR count). The molecule has 2 N–H and O–H groups in total. The maximum Gasteiger partial charge on any atom is 0.318 e. The van der Waals surface area contributed by atoms with Crippen LogP contribution in [0.3, 0.4) is 0 Å². The van der Waals surface area contributed by atoms with Gasteiger partial charge in [-0.25, -0.2) is 4.79 Å². The Kier molecular flexibility index (Phi) is 2.25. The second-order valence-electron chi connectivity index (χ2n) is 4.22. The lowest BCUT2D eigenvalue weighted by molar-refractivity contribution is 0.172. The number of hydrogen-bond donors (Lipinski definition) is 2. The van der Waals surface area contributed by atoms with Gasteiger partial charge in [0.05, 0.1) is 17.8 Å². The Morgan fingerprint density at radius 1 is 1.38 bits per heavy atom. The molecule has 2 amide bonds. The molecule has 5 nitrogen and oxygen atoms in total. The van der Waals surface area contributed by atoms with E-state index in [2.05, 4.69) is 15.6 Å². The molecule has 0 radical (unpaired) electrons. The maximum absolute atomic E-state index is 11.8. The van der Waals surface area contributed by atoms with Crippen LogP contribution in [0.5, 0.6) is 0 Å². The summed E-state index contributed by atoms with van der Waals surface area (Å²) < 4.78 is 0. The summed E-state index contributed by atoms with van der Waals surface area (Å²) >= 11 is 0. The first-order valence-electron chi connectivity index (χ1n) is 5.53. The van der Waals surface area contributed by atoms with E-state index in [-0.39, 0.29) is 12.1 Å². The normalized spacial score (nSPS) is 25.4. The average molecular weight is 218 g/mol. The van der Waals surface area contributed by atoms with E-state index in [0.29, 0.717) is 6.04 Å². The molecule has 5 heteroatoms. The van der Waals surface area contributed by atoms with Crippen LogP contribution in [0, 0.1) is 0 Å². The third-order valence-electron chi connectivity index (χ3n) is 3.18. The van der Waals surface area contributed by atoms with E-state index in [1.807, 2.05) is 23.1 Å². The summed E-state index contributed by atoms with van der Waals surface area (Å²) in [5.74, 6) is 0. The fourth-order valence-corrected chi connectivity index (χ4v) is 2.12. The van der Waals surface area contributed by atoms with Gasteiger partial charge in [-0.2, -0.15) is 0 Å². The molecule has 1 atom stereocenters. The lowest BCUT2D eigenvalue weighted by Crippen LogP contribution is -2.57. The number of amides is 2. The first-order chi connectivity index (χ1) is 7.84. The monoisotopic (exact) mass is 218 g/mol. The van der Waals surface area contributed by atoms with Crippen molar-refractivity contribution in [2.75, 3.05) is 19.6 Å². The molecule has 16 heavy (non-hydrogen) atoms. The summed E-state index contributed by atoms with van der Waals surface area (Å²) in [5, 5.41) is 6.14. The lowest BCUT2D eigenvalue weighted by atomic mass is 10.1. The topological polar surface area (TPSA) is 57.3 Å². The van der Waals surface area contributed by atoms with Crippen LogP contribution < -0.4 is 10.6 Å². The minimum atomic E-state index is 0.0298. The lowest BCUT2D eigenvalue weighted by Gasteiger charge is -2.34. The minimum absolute atomic E-state index is 0.0298. The smallest absolute Gasteiger partial charge is 0.318 e. The van der Waals surface area contributed by atoms with Crippen molar-refractivity contribution in [3.05, 3.63) is 30.1 Å². The molecule has 0 aromatic carbocycles. The molecule has 2 saturated heterocycles. The molecule has 0 saturated carbocycles. The van der Waals surface area contributed by atoms with Crippen LogP contribution in [-0.2, 0) is 0 Å². The van der Waals surface area contributed by atoms with Crippen LogP contribution in [0.25, 0.3) is 0 Å². The predicted octanol–water partition coefficient (Wildman–Crippen LogP) is 0.120. The van der Waals surface area contributed by atoms with E-state index in [0.717, 1.165) is 25.3 Å². The van der Waals surface area contributed by atoms with Crippen molar-refractivity contribution in [3.63, 3.8) is 0 Å². The fraction of sp³-hybridized carbons (Fsp3) is 0.455. The van der Waals surface area contributed by atoms with Gasteiger partial charge in [0.15, 0.2) is 0 Å². The highest BCUT2D eigenvalue weighted by atomic mass is 16.2. The van der Waals surface area contributed by atoms with Gasteiger partial charge >= 0.3 is 6.03 Å². The van der Waals surface area contributed by atoms with Crippen LogP contribution in [0.1, 0.15) is 11.7 Å². The molecule has 0 aliphatic carbocycles. The molecule has 2 fully saturated rings. The van der Waals surface area contributed by atoms with Crippen LogP contribution in [0.15, 0.2) is 24.4 Å². The zero-order valence-electron chi connectivity index (χ0n) is 8.89. The Morgan fingerprint density at radius 2 is 2.25 bits per heavy atom. The summed E-state index contributed by atoms with van der Waals surface area (Å²) in [5.41, 5.74) is 0.936. The number of carbonyl (C=O) groups is 1. The summed E-state index contributed by atoms with van der Waals surface area (Å²) in [4.78, 5) is 17.9.